The van der Waals surface area contributed by atoms with E-state index >= 15 is 0 Å². The zero-order chi connectivity index (χ0) is 15.7. The lowest BCUT2D eigenvalue weighted by Gasteiger charge is -2.23. The van der Waals surface area contributed by atoms with E-state index in [1.165, 1.54) is 11.3 Å². The second-order valence-corrected chi connectivity index (χ2v) is 6.91. The Kier molecular flexibility index (Phi) is 4.17. The molecule has 0 aliphatic carbocycles. The van der Waals surface area contributed by atoms with Crippen molar-refractivity contribution in [2.45, 2.75) is 23.7 Å². The third kappa shape index (κ3) is 2.86. The summed E-state index contributed by atoms with van der Waals surface area (Å²) in [6.45, 7) is 1.90. The van der Waals surface area contributed by atoms with Crippen LogP contribution in [0.1, 0.15) is 21.6 Å². The van der Waals surface area contributed by atoms with E-state index < -0.39 is 12.1 Å². The van der Waals surface area contributed by atoms with E-state index in [9.17, 15) is 9.59 Å². The molecule has 1 unspecified atom stereocenters. The summed E-state index contributed by atoms with van der Waals surface area (Å²) in [5.74, 6) is -0.800. The van der Waals surface area contributed by atoms with Crippen LogP contribution in [0.2, 0.25) is 0 Å². The molecule has 1 aromatic heterocycles. The van der Waals surface area contributed by atoms with Crippen LogP contribution in [0.4, 0.5) is 5.13 Å². The van der Waals surface area contributed by atoms with Gasteiger partial charge in [0.1, 0.15) is 0 Å². The van der Waals surface area contributed by atoms with Crippen LogP contribution in [0.3, 0.4) is 0 Å². The molecule has 1 atom stereocenters. The number of hydrogen-bond donors (Lipinski definition) is 1. The zero-order valence-electron chi connectivity index (χ0n) is 12.1. The quantitative estimate of drug-likeness (QED) is 0.690. The molecule has 2 heterocycles. The predicted octanol–water partition coefficient (Wildman–Crippen LogP) is 2.89. The van der Waals surface area contributed by atoms with Gasteiger partial charge in [0.25, 0.3) is 5.91 Å². The lowest BCUT2D eigenvalue weighted by Crippen LogP contribution is -2.37. The number of anilines is 1. The van der Waals surface area contributed by atoms with Gasteiger partial charge in [-0.05, 0) is 24.8 Å². The number of benzene rings is 1. The van der Waals surface area contributed by atoms with Gasteiger partial charge < -0.3 is 4.74 Å². The highest BCUT2D eigenvalue weighted by Gasteiger charge is 2.31. The van der Waals surface area contributed by atoms with Crippen LogP contribution in [0.25, 0.3) is 0 Å². The van der Waals surface area contributed by atoms with Crippen LogP contribution in [-0.4, -0.2) is 29.2 Å². The van der Waals surface area contributed by atoms with Crippen LogP contribution >= 0.6 is 23.1 Å². The molecule has 1 aromatic carbocycles. The fraction of sp³-hybridized carbons (Fsp3) is 0.267. The number of fused-ring (bicyclic) bond motifs is 1. The van der Waals surface area contributed by atoms with Crippen molar-refractivity contribution in [3.63, 3.8) is 0 Å². The zero-order valence-corrected chi connectivity index (χ0v) is 13.7. The smallest absolute Gasteiger partial charge is 0.339 e. The van der Waals surface area contributed by atoms with Gasteiger partial charge in [0.05, 0.1) is 15.5 Å². The fourth-order valence-electron chi connectivity index (χ4n) is 2.29. The standard InChI is InChI=1S/C15H14N2O3S2/c1-8-14(21-2)22-15(16-8)17-12(18)11-7-9-5-3-4-6-10(9)13(19)20-11/h3-6,11H,7H2,1-2H3,(H,16,17,18). The van der Waals surface area contributed by atoms with Gasteiger partial charge in [-0.15, -0.1) is 11.8 Å². The second kappa shape index (κ2) is 6.10. The molecule has 0 bridgehead atoms. The molecule has 114 valence electrons. The molecule has 1 N–H and O–H groups in total. The minimum Gasteiger partial charge on any atom is -0.448 e. The molecule has 0 saturated heterocycles. The first-order valence-corrected chi connectivity index (χ1v) is 8.73. The minimum atomic E-state index is -0.815. The molecule has 0 fully saturated rings. The molecule has 1 aliphatic heterocycles. The number of carbonyl (C=O) groups excluding carboxylic acids is 2. The van der Waals surface area contributed by atoms with Crippen LogP contribution in [0.15, 0.2) is 28.5 Å². The molecule has 1 aliphatic rings. The van der Waals surface area contributed by atoms with Crippen LogP contribution in [-0.2, 0) is 16.0 Å². The fourth-order valence-corrected chi connectivity index (χ4v) is 3.90. The number of thiazole rings is 1. The maximum Gasteiger partial charge on any atom is 0.339 e. The maximum atomic E-state index is 12.3. The van der Waals surface area contributed by atoms with E-state index in [4.69, 9.17) is 4.74 Å². The van der Waals surface area contributed by atoms with Crippen molar-refractivity contribution in [3.05, 3.63) is 41.1 Å². The summed E-state index contributed by atoms with van der Waals surface area (Å²) in [5.41, 5.74) is 2.25. The van der Waals surface area contributed by atoms with Crippen molar-refractivity contribution >= 4 is 40.1 Å². The van der Waals surface area contributed by atoms with E-state index in [1.807, 2.05) is 25.3 Å². The Morgan fingerprint density at radius 1 is 1.45 bits per heavy atom. The normalized spacial score (nSPS) is 16.8. The third-order valence-electron chi connectivity index (χ3n) is 3.35. The van der Waals surface area contributed by atoms with Crippen molar-refractivity contribution in [2.24, 2.45) is 0 Å². The summed E-state index contributed by atoms with van der Waals surface area (Å²) in [6.07, 6.45) is 1.53. The summed E-state index contributed by atoms with van der Waals surface area (Å²) in [4.78, 5) is 28.5. The van der Waals surface area contributed by atoms with Gasteiger partial charge in [0.15, 0.2) is 11.2 Å². The summed E-state index contributed by atoms with van der Waals surface area (Å²) in [7, 11) is 0. The SMILES string of the molecule is CSc1sc(NC(=O)C2Cc3ccccc3C(=O)O2)nc1C. The number of carbonyl (C=O) groups is 2. The van der Waals surface area contributed by atoms with Crippen LogP contribution in [0, 0.1) is 6.92 Å². The number of cyclic esters (lactones) is 1. The monoisotopic (exact) mass is 334 g/mol. The van der Waals surface area contributed by atoms with Crippen molar-refractivity contribution in [1.82, 2.24) is 4.98 Å². The number of ether oxygens (including phenoxy) is 1. The summed E-state index contributed by atoms with van der Waals surface area (Å²) >= 11 is 3.01. The molecule has 3 rings (SSSR count). The highest BCUT2D eigenvalue weighted by atomic mass is 32.2. The molecule has 22 heavy (non-hydrogen) atoms. The molecule has 0 spiro atoms. The topological polar surface area (TPSA) is 68.3 Å². The van der Waals surface area contributed by atoms with Gasteiger partial charge in [-0.1, -0.05) is 29.5 Å². The molecule has 2 aromatic rings. The maximum absolute atomic E-state index is 12.3. The number of nitrogens with one attached hydrogen (secondary N) is 1. The Morgan fingerprint density at radius 2 is 2.23 bits per heavy atom. The molecule has 0 radical (unpaired) electrons. The van der Waals surface area contributed by atoms with Crippen molar-refractivity contribution in [2.75, 3.05) is 11.6 Å². The second-order valence-electron chi connectivity index (χ2n) is 4.84. The van der Waals surface area contributed by atoms with E-state index in [-0.39, 0.29) is 5.91 Å². The van der Waals surface area contributed by atoms with Gasteiger partial charge in [-0.25, -0.2) is 9.78 Å². The van der Waals surface area contributed by atoms with Gasteiger partial charge in [0, 0.05) is 6.42 Å². The van der Waals surface area contributed by atoms with Gasteiger partial charge in [-0.2, -0.15) is 0 Å². The van der Waals surface area contributed by atoms with E-state index in [2.05, 4.69) is 10.3 Å². The predicted molar refractivity (Wildman–Crippen MR) is 86.6 cm³/mol. The number of rotatable bonds is 3. The highest BCUT2D eigenvalue weighted by molar-refractivity contribution is 8.00. The lowest BCUT2D eigenvalue weighted by molar-refractivity contribution is -0.125. The van der Waals surface area contributed by atoms with Gasteiger partial charge in [0.2, 0.25) is 0 Å². The molecular weight excluding hydrogens is 320 g/mol. The van der Waals surface area contributed by atoms with E-state index in [0.29, 0.717) is 17.1 Å². The first kappa shape index (κ1) is 15.1. The Bertz CT molecular complexity index is 742. The third-order valence-corrected chi connectivity index (χ3v) is 5.64. The first-order valence-electron chi connectivity index (χ1n) is 6.69. The number of esters is 1. The lowest BCUT2D eigenvalue weighted by atomic mass is 9.98. The summed E-state index contributed by atoms with van der Waals surface area (Å²) < 4.78 is 6.29. The Hall–Kier alpha value is -1.86. The number of thioether (sulfide) groups is 1. The Labute approximate surface area is 136 Å². The average molecular weight is 334 g/mol. The number of aryl methyl sites for hydroxylation is 1. The Morgan fingerprint density at radius 3 is 2.95 bits per heavy atom. The van der Waals surface area contributed by atoms with Crippen molar-refractivity contribution in [3.8, 4) is 0 Å². The summed E-state index contributed by atoms with van der Waals surface area (Å²) in [6, 6.07) is 7.18. The molecule has 5 nitrogen and oxygen atoms in total. The highest BCUT2D eigenvalue weighted by Crippen LogP contribution is 2.30. The van der Waals surface area contributed by atoms with Crippen molar-refractivity contribution in [1.29, 1.82) is 0 Å². The molecular formula is C15H14N2O3S2. The number of amides is 1. The number of hydrogen-bond acceptors (Lipinski definition) is 6. The molecule has 0 saturated carbocycles. The van der Waals surface area contributed by atoms with Gasteiger partial charge >= 0.3 is 5.97 Å². The Balaban J connectivity index is 1.75. The number of nitrogens with zero attached hydrogens (tertiary/aromatic N) is 1. The van der Waals surface area contributed by atoms with Crippen LogP contribution < -0.4 is 5.32 Å². The molecule has 1 amide bonds. The first-order chi connectivity index (χ1) is 10.6. The number of aromatic nitrogens is 1. The van der Waals surface area contributed by atoms with E-state index in [1.54, 1.807) is 23.9 Å². The molecule has 7 heteroatoms. The van der Waals surface area contributed by atoms with E-state index in [0.717, 1.165) is 15.5 Å². The summed E-state index contributed by atoms with van der Waals surface area (Å²) in [5, 5.41) is 3.27. The van der Waals surface area contributed by atoms with Crippen molar-refractivity contribution < 1.29 is 14.3 Å². The van der Waals surface area contributed by atoms with Gasteiger partial charge in [-0.3, -0.25) is 10.1 Å². The van der Waals surface area contributed by atoms with Crippen LogP contribution in [0.5, 0.6) is 0 Å². The average Bonchev–Trinajstić information content (AvgIpc) is 2.87. The minimum absolute atomic E-state index is 0.343. The largest absolute Gasteiger partial charge is 0.448 e.